The van der Waals surface area contributed by atoms with Crippen LogP contribution in [-0.4, -0.2) is 22.6 Å². The number of benzene rings is 1. The molecule has 1 N–H and O–H groups in total. The van der Waals surface area contributed by atoms with Crippen molar-refractivity contribution < 1.29 is 4.39 Å². The van der Waals surface area contributed by atoms with E-state index in [0.29, 0.717) is 11.2 Å². The molecular formula is C25H29FN4O. The number of rotatable bonds is 4. The van der Waals surface area contributed by atoms with E-state index in [1.54, 1.807) is 10.8 Å². The first-order valence-electron chi connectivity index (χ1n) is 11.5. The Morgan fingerprint density at radius 1 is 0.935 bits per heavy atom. The van der Waals surface area contributed by atoms with Crippen LogP contribution in [0.15, 0.2) is 47.4 Å². The van der Waals surface area contributed by atoms with Gasteiger partial charge in [0.1, 0.15) is 5.82 Å². The zero-order chi connectivity index (χ0) is 21.2. The molecule has 162 valence electrons. The van der Waals surface area contributed by atoms with E-state index in [2.05, 4.69) is 39.5 Å². The highest BCUT2D eigenvalue weighted by atomic mass is 19.1. The van der Waals surface area contributed by atoms with Gasteiger partial charge in [-0.15, -0.1) is 0 Å². The van der Waals surface area contributed by atoms with Crippen LogP contribution in [0.4, 0.5) is 21.6 Å². The third kappa shape index (κ3) is 4.16. The number of anilines is 3. The largest absolute Gasteiger partial charge is 0.372 e. The summed E-state index contributed by atoms with van der Waals surface area (Å²) >= 11 is 0. The summed E-state index contributed by atoms with van der Waals surface area (Å²) in [5, 5.41) is 4.01. The van der Waals surface area contributed by atoms with Crippen LogP contribution in [0.1, 0.15) is 57.4 Å². The van der Waals surface area contributed by atoms with Gasteiger partial charge in [0.15, 0.2) is 5.82 Å². The van der Waals surface area contributed by atoms with Crippen LogP contribution < -0.4 is 15.8 Å². The van der Waals surface area contributed by atoms with Crippen molar-refractivity contribution in [1.82, 2.24) is 9.55 Å². The molecule has 0 spiro atoms. The quantitative estimate of drug-likeness (QED) is 0.582. The van der Waals surface area contributed by atoms with Crippen molar-refractivity contribution in [3.05, 3.63) is 58.8 Å². The number of aromatic nitrogens is 2. The number of pyridine rings is 2. The first kappa shape index (κ1) is 20.0. The number of nitrogens with zero attached hydrogens (tertiary/aromatic N) is 3. The lowest BCUT2D eigenvalue weighted by molar-refractivity contribution is 0.349. The Morgan fingerprint density at radius 2 is 1.65 bits per heavy atom. The molecule has 2 aromatic heterocycles. The molecule has 5 rings (SSSR count). The molecule has 1 aliphatic carbocycles. The summed E-state index contributed by atoms with van der Waals surface area (Å²) in [4.78, 5) is 19.6. The van der Waals surface area contributed by atoms with Crippen LogP contribution in [0.3, 0.4) is 0 Å². The van der Waals surface area contributed by atoms with E-state index in [9.17, 15) is 9.18 Å². The van der Waals surface area contributed by atoms with Crippen LogP contribution in [0.25, 0.3) is 10.9 Å². The van der Waals surface area contributed by atoms with Gasteiger partial charge in [0.25, 0.3) is 5.56 Å². The fraction of sp³-hybridized carbons (Fsp3) is 0.440. The second-order valence-corrected chi connectivity index (χ2v) is 8.81. The fourth-order valence-corrected chi connectivity index (χ4v) is 5.02. The highest BCUT2D eigenvalue weighted by Crippen LogP contribution is 2.31. The van der Waals surface area contributed by atoms with Gasteiger partial charge in [-0.3, -0.25) is 4.79 Å². The summed E-state index contributed by atoms with van der Waals surface area (Å²) in [5.41, 5.74) is 2.42. The van der Waals surface area contributed by atoms with Gasteiger partial charge in [-0.05, 0) is 62.4 Å². The molecule has 31 heavy (non-hydrogen) atoms. The molecule has 1 saturated heterocycles. The molecule has 0 unspecified atom stereocenters. The van der Waals surface area contributed by atoms with Crippen molar-refractivity contribution in [2.45, 2.75) is 57.4 Å². The molecule has 1 saturated carbocycles. The maximum atomic E-state index is 14.3. The van der Waals surface area contributed by atoms with Crippen molar-refractivity contribution in [3.63, 3.8) is 0 Å². The average Bonchev–Trinajstić information content (AvgIpc) is 2.82. The lowest BCUT2D eigenvalue weighted by Crippen LogP contribution is -2.29. The van der Waals surface area contributed by atoms with Crippen LogP contribution >= 0.6 is 0 Å². The molecule has 0 atom stereocenters. The standard InChI is InChI=1S/C25H29FN4O/c26-22-15-18-17-27-24(16-23(18)30(25(22)31)21-7-3-1-4-8-21)28-19-9-11-20(12-10-19)29-13-5-2-6-14-29/h9-12,15-17,21H,1-8,13-14H2,(H,27,28). The topological polar surface area (TPSA) is 50.2 Å². The Bertz CT molecular complexity index is 1110. The van der Waals surface area contributed by atoms with Crippen molar-refractivity contribution in [2.75, 3.05) is 23.3 Å². The molecule has 2 aliphatic rings. The van der Waals surface area contributed by atoms with E-state index < -0.39 is 11.4 Å². The third-order valence-corrected chi connectivity index (χ3v) is 6.68. The van der Waals surface area contributed by atoms with Crippen molar-refractivity contribution >= 4 is 28.1 Å². The monoisotopic (exact) mass is 420 g/mol. The first-order valence-corrected chi connectivity index (χ1v) is 11.5. The Balaban J connectivity index is 1.44. The smallest absolute Gasteiger partial charge is 0.287 e. The van der Waals surface area contributed by atoms with Crippen LogP contribution in [-0.2, 0) is 0 Å². The van der Waals surface area contributed by atoms with Crippen molar-refractivity contribution in [2.24, 2.45) is 0 Å². The lowest BCUT2D eigenvalue weighted by Gasteiger charge is -2.28. The maximum absolute atomic E-state index is 14.3. The molecule has 3 heterocycles. The highest BCUT2D eigenvalue weighted by molar-refractivity contribution is 5.81. The molecule has 1 aromatic carbocycles. The number of hydrogen-bond acceptors (Lipinski definition) is 4. The number of nitrogens with one attached hydrogen (secondary N) is 1. The van der Waals surface area contributed by atoms with Crippen LogP contribution in [0, 0.1) is 5.82 Å². The van der Waals surface area contributed by atoms with E-state index in [1.165, 1.54) is 37.4 Å². The van der Waals surface area contributed by atoms with Crippen LogP contribution in [0.2, 0.25) is 0 Å². The summed E-state index contributed by atoms with van der Waals surface area (Å²) in [6, 6.07) is 11.6. The fourth-order valence-electron chi connectivity index (χ4n) is 5.02. The Hall–Kier alpha value is -2.89. The molecule has 1 aliphatic heterocycles. The van der Waals surface area contributed by atoms with Crippen LogP contribution in [0.5, 0.6) is 0 Å². The molecule has 0 radical (unpaired) electrons. The van der Waals surface area contributed by atoms with Gasteiger partial charge in [-0.2, -0.15) is 0 Å². The maximum Gasteiger partial charge on any atom is 0.287 e. The molecule has 2 fully saturated rings. The number of halogens is 1. The zero-order valence-electron chi connectivity index (χ0n) is 17.8. The Morgan fingerprint density at radius 3 is 2.39 bits per heavy atom. The van der Waals surface area contributed by atoms with E-state index in [-0.39, 0.29) is 6.04 Å². The van der Waals surface area contributed by atoms with E-state index in [0.717, 1.165) is 50.0 Å². The molecule has 0 bridgehead atoms. The minimum Gasteiger partial charge on any atom is -0.372 e. The number of fused-ring (bicyclic) bond motifs is 1. The summed E-state index contributed by atoms with van der Waals surface area (Å²) in [6.07, 6.45) is 10.7. The average molecular weight is 421 g/mol. The molecular weight excluding hydrogens is 391 g/mol. The second kappa shape index (κ2) is 8.69. The SMILES string of the molecule is O=c1c(F)cc2cnc(Nc3ccc(N4CCCCC4)cc3)cc2n1C1CCCCC1. The van der Waals surface area contributed by atoms with Gasteiger partial charge >= 0.3 is 0 Å². The van der Waals surface area contributed by atoms with Gasteiger partial charge in [-0.25, -0.2) is 9.37 Å². The zero-order valence-corrected chi connectivity index (χ0v) is 17.8. The summed E-state index contributed by atoms with van der Waals surface area (Å²) in [7, 11) is 0. The minimum absolute atomic E-state index is 0.0542. The van der Waals surface area contributed by atoms with Gasteiger partial charge in [0, 0.05) is 48.2 Å². The number of hydrogen-bond donors (Lipinski definition) is 1. The van der Waals surface area contributed by atoms with Gasteiger partial charge in [0.2, 0.25) is 0 Å². The summed E-state index contributed by atoms with van der Waals surface area (Å²) < 4.78 is 16.0. The number of piperidine rings is 1. The van der Waals surface area contributed by atoms with E-state index in [4.69, 9.17) is 0 Å². The molecule has 0 amide bonds. The summed E-state index contributed by atoms with van der Waals surface area (Å²) in [6.45, 7) is 2.24. The van der Waals surface area contributed by atoms with Gasteiger partial charge in [-0.1, -0.05) is 19.3 Å². The van der Waals surface area contributed by atoms with Gasteiger partial charge in [0.05, 0.1) is 5.52 Å². The highest BCUT2D eigenvalue weighted by Gasteiger charge is 2.21. The normalized spacial score (nSPS) is 17.8. The minimum atomic E-state index is -0.700. The molecule has 6 heteroatoms. The Kier molecular flexibility index (Phi) is 5.62. The third-order valence-electron chi connectivity index (χ3n) is 6.68. The van der Waals surface area contributed by atoms with E-state index in [1.807, 2.05) is 6.07 Å². The molecule has 5 nitrogen and oxygen atoms in total. The van der Waals surface area contributed by atoms with E-state index >= 15 is 0 Å². The predicted molar refractivity (Wildman–Crippen MR) is 124 cm³/mol. The van der Waals surface area contributed by atoms with Crippen molar-refractivity contribution in [3.8, 4) is 0 Å². The van der Waals surface area contributed by atoms with Crippen molar-refractivity contribution in [1.29, 1.82) is 0 Å². The lowest BCUT2D eigenvalue weighted by atomic mass is 9.95. The summed E-state index contributed by atoms with van der Waals surface area (Å²) in [5.74, 6) is -0.0392. The molecule has 3 aromatic rings. The van der Waals surface area contributed by atoms with Gasteiger partial charge < -0.3 is 14.8 Å². The first-order chi connectivity index (χ1) is 15.2. The Labute approximate surface area is 181 Å². The predicted octanol–water partition coefficient (Wildman–Crippen LogP) is 5.77. The second-order valence-electron chi connectivity index (χ2n) is 8.81.